The fraction of sp³-hybridized carbons (Fsp3) is 0.923. The second-order valence-corrected chi connectivity index (χ2v) is 6.20. The zero-order valence-corrected chi connectivity index (χ0v) is 12.5. The summed E-state index contributed by atoms with van der Waals surface area (Å²) in [6, 6.07) is 0. The molecule has 0 aromatic heterocycles. The van der Waals surface area contributed by atoms with Gasteiger partial charge in [0.2, 0.25) is 0 Å². The van der Waals surface area contributed by atoms with Gasteiger partial charge in [0.1, 0.15) is 0 Å². The number of alkyl halides is 1. The molecule has 0 saturated heterocycles. The lowest BCUT2D eigenvalue weighted by Gasteiger charge is -2.15. The molecule has 1 aliphatic rings. The van der Waals surface area contributed by atoms with Crippen molar-refractivity contribution >= 4 is 21.9 Å². The van der Waals surface area contributed by atoms with E-state index in [0.29, 0.717) is 12.5 Å². The van der Waals surface area contributed by atoms with E-state index in [1.807, 2.05) is 6.92 Å². The number of halogens is 1. The molecule has 0 radical (unpaired) electrons. The molecule has 0 amide bonds. The molecule has 0 heterocycles. The van der Waals surface area contributed by atoms with Crippen molar-refractivity contribution < 1.29 is 14.3 Å². The van der Waals surface area contributed by atoms with Crippen LogP contribution in [0, 0.1) is 11.8 Å². The third kappa shape index (κ3) is 4.96. The van der Waals surface area contributed by atoms with E-state index in [-0.39, 0.29) is 22.8 Å². The molecule has 0 bridgehead atoms. The van der Waals surface area contributed by atoms with Gasteiger partial charge in [0.15, 0.2) is 0 Å². The molecule has 4 heteroatoms. The van der Waals surface area contributed by atoms with Crippen molar-refractivity contribution in [2.24, 2.45) is 11.8 Å². The lowest BCUT2D eigenvalue weighted by Crippen LogP contribution is -2.19. The van der Waals surface area contributed by atoms with Crippen molar-refractivity contribution in [2.75, 3.05) is 13.2 Å². The first-order chi connectivity index (χ1) is 8.04. The van der Waals surface area contributed by atoms with Crippen LogP contribution in [0.4, 0.5) is 0 Å². The van der Waals surface area contributed by atoms with Crippen molar-refractivity contribution in [3.05, 3.63) is 0 Å². The van der Waals surface area contributed by atoms with Crippen LogP contribution in [0.3, 0.4) is 0 Å². The summed E-state index contributed by atoms with van der Waals surface area (Å²) < 4.78 is 10.9. The van der Waals surface area contributed by atoms with Crippen LogP contribution in [0.15, 0.2) is 0 Å². The lowest BCUT2D eigenvalue weighted by atomic mass is 10.1. The Morgan fingerprint density at radius 3 is 2.71 bits per heavy atom. The summed E-state index contributed by atoms with van der Waals surface area (Å²) in [5.41, 5.74) is 0. The second kappa shape index (κ2) is 7.37. The highest BCUT2D eigenvalue weighted by Crippen LogP contribution is 2.34. The number of hydrogen-bond acceptors (Lipinski definition) is 3. The molecule has 1 rings (SSSR count). The van der Waals surface area contributed by atoms with Crippen LogP contribution < -0.4 is 0 Å². The average molecular weight is 307 g/mol. The molecule has 0 aromatic rings. The minimum atomic E-state index is -0.0769. The summed E-state index contributed by atoms with van der Waals surface area (Å²) in [6.45, 7) is 7.45. The van der Waals surface area contributed by atoms with E-state index in [4.69, 9.17) is 9.47 Å². The van der Waals surface area contributed by atoms with Gasteiger partial charge in [0.05, 0.1) is 18.6 Å². The van der Waals surface area contributed by atoms with Crippen LogP contribution >= 0.6 is 15.9 Å². The van der Waals surface area contributed by atoms with Gasteiger partial charge in [0, 0.05) is 11.4 Å². The normalized spacial score (nSPS) is 28.6. The van der Waals surface area contributed by atoms with Crippen LogP contribution in [-0.4, -0.2) is 30.1 Å². The Bertz CT molecular complexity index is 243. The van der Waals surface area contributed by atoms with Gasteiger partial charge in [-0.15, -0.1) is 0 Å². The summed E-state index contributed by atoms with van der Waals surface area (Å²) >= 11 is 3.60. The maximum absolute atomic E-state index is 11.6. The molecule has 3 nitrogen and oxygen atoms in total. The first-order valence-corrected chi connectivity index (χ1v) is 7.38. The van der Waals surface area contributed by atoms with Crippen LogP contribution in [0.25, 0.3) is 0 Å². The van der Waals surface area contributed by atoms with Gasteiger partial charge >= 0.3 is 5.97 Å². The average Bonchev–Trinajstić information content (AvgIpc) is 2.60. The van der Waals surface area contributed by atoms with Gasteiger partial charge in [-0.05, 0) is 32.1 Å². The standard InChI is InChI=1S/C13H23BrO3/c1-4-16-13(15)10-7-11(14)12(8-10)17-6-5-9(2)3/h9-12H,4-8H2,1-3H3. The van der Waals surface area contributed by atoms with E-state index in [1.165, 1.54) is 0 Å². The van der Waals surface area contributed by atoms with E-state index in [9.17, 15) is 4.79 Å². The Kier molecular flexibility index (Phi) is 6.49. The zero-order valence-electron chi connectivity index (χ0n) is 10.9. The van der Waals surface area contributed by atoms with Crippen LogP contribution in [0.1, 0.15) is 40.0 Å². The van der Waals surface area contributed by atoms with E-state index in [2.05, 4.69) is 29.8 Å². The monoisotopic (exact) mass is 306 g/mol. The first kappa shape index (κ1) is 15.0. The molecule has 0 aromatic carbocycles. The molecule has 0 spiro atoms. The minimum Gasteiger partial charge on any atom is -0.466 e. The smallest absolute Gasteiger partial charge is 0.309 e. The number of esters is 1. The Morgan fingerprint density at radius 1 is 1.41 bits per heavy atom. The quantitative estimate of drug-likeness (QED) is 0.558. The number of ether oxygens (including phenoxy) is 2. The van der Waals surface area contributed by atoms with Gasteiger partial charge < -0.3 is 9.47 Å². The van der Waals surface area contributed by atoms with E-state index in [1.54, 1.807) is 0 Å². The third-order valence-corrected chi connectivity index (χ3v) is 4.04. The van der Waals surface area contributed by atoms with Gasteiger partial charge in [-0.3, -0.25) is 4.79 Å². The van der Waals surface area contributed by atoms with E-state index >= 15 is 0 Å². The predicted octanol–water partition coefficient (Wildman–Crippen LogP) is 3.15. The van der Waals surface area contributed by atoms with E-state index < -0.39 is 0 Å². The molecule has 100 valence electrons. The summed E-state index contributed by atoms with van der Waals surface area (Å²) in [5.74, 6) is 0.585. The summed E-state index contributed by atoms with van der Waals surface area (Å²) in [4.78, 5) is 11.9. The molecule has 17 heavy (non-hydrogen) atoms. The maximum atomic E-state index is 11.6. The molecule has 3 atom stereocenters. The number of hydrogen-bond donors (Lipinski definition) is 0. The fourth-order valence-electron chi connectivity index (χ4n) is 2.03. The van der Waals surface area contributed by atoms with Crippen molar-refractivity contribution in [1.82, 2.24) is 0 Å². The second-order valence-electron chi connectivity index (χ2n) is 5.03. The molecule has 0 aliphatic heterocycles. The molecule has 0 N–H and O–H groups in total. The first-order valence-electron chi connectivity index (χ1n) is 6.46. The zero-order chi connectivity index (χ0) is 12.8. The highest BCUT2D eigenvalue weighted by molar-refractivity contribution is 9.09. The third-order valence-electron chi connectivity index (χ3n) is 3.08. The van der Waals surface area contributed by atoms with Gasteiger partial charge in [-0.25, -0.2) is 0 Å². The Hall–Kier alpha value is -0.0900. The van der Waals surface area contributed by atoms with Gasteiger partial charge in [-0.1, -0.05) is 29.8 Å². The van der Waals surface area contributed by atoms with Crippen molar-refractivity contribution in [2.45, 2.75) is 51.0 Å². The Balaban J connectivity index is 2.31. The highest BCUT2D eigenvalue weighted by atomic mass is 79.9. The Morgan fingerprint density at radius 2 is 2.12 bits per heavy atom. The molecular weight excluding hydrogens is 284 g/mol. The molecule has 1 saturated carbocycles. The molecule has 1 aliphatic carbocycles. The number of carbonyl (C=O) groups excluding carboxylic acids is 1. The minimum absolute atomic E-state index is 0.00312. The molecule has 3 unspecified atom stereocenters. The van der Waals surface area contributed by atoms with Crippen LogP contribution in [0.5, 0.6) is 0 Å². The number of rotatable bonds is 6. The number of carbonyl (C=O) groups is 1. The van der Waals surface area contributed by atoms with Crippen molar-refractivity contribution in [3.63, 3.8) is 0 Å². The maximum Gasteiger partial charge on any atom is 0.309 e. The van der Waals surface area contributed by atoms with Gasteiger partial charge in [-0.2, -0.15) is 0 Å². The van der Waals surface area contributed by atoms with Crippen LogP contribution in [-0.2, 0) is 14.3 Å². The Labute approximate surface area is 112 Å². The summed E-state index contributed by atoms with van der Waals surface area (Å²) in [7, 11) is 0. The summed E-state index contributed by atoms with van der Waals surface area (Å²) in [6.07, 6.45) is 2.83. The van der Waals surface area contributed by atoms with Crippen LogP contribution in [0.2, 0.25) is 0 Å². The molecule has 1 fully saturated rings. The fourth-order valence-corrected chi connectivity index (χ4v) is 2.85. The molecular formula is C13H23BrO3. The SMILES string of the molecule is CCOC(=O)C1CC(Br)C(OCCC(C)C)C1. The van der Waals surface area contributed by atoms with E-state index in [0.717, 1.165) is 25.9 Å². The van der Waals surface area contributed by atoms with Crippen molar-refractivity contribution in [1.29, 1.82) is 0 Å². The summed E-state index contributed by atoms with van der Waals surface area (Å²) in [5, 5.41) is 0. The van der Waals surface area contributed by atoms with Crippen molar-refractivity contribution in [3.8, 4) is 0 Å². The highest BCUT2D eigenvalue weighted by Gasteiger charge is 2.37. The van der Waals surface area contributed by atoms with Gasteiger partial charge in [0.25, 0.3) is 0 Å². The topological polar surface area (TPSA) is 35.5 Å². The lowest BCUT2D eigenvalue weighted by molar-refractivity contribution is -0.148. The largest absolute Gasteiger partial charge is 0.466 e. The predicted molar refractivity (Wildman–Crippen MR) is 71.3 cm³/mol.